The van der Waals surface area contributed by atoms with Crippen LogP contribution in [0.1, 0.15) is 19.0 Å². The monoisotopic (exact) mass is 306 g/mol. The number of nitrogens with one attached hydrogen (secondary N) is 1. The fourth-order valence-corrected chi connectivity index (χ4v) is 3.55. The van der Waals surface area contributed by atoms with Crippen LogP contribution in [0, 0.1) is 0 Å². The van der Waals surface area contributed by atoms with Crippen molar-refractivity contribution >= 4 is 23.5 Å². The maximum Gasteiger partial charge on any atom is 0.251 e. The quantitative estimate of drug-likeness (QED) is 0.482. The number of hydrogen-bond acceptors (Lipinski definition) is 4. The Labute approximate surface area is 127 Å². The highest BCUT2D eigenvalue weighted by atomic mass is 32.2. The second-order valence-electron chi connectivity index (χ2n) is 4.30. The van der Waals surface area contributed by atoms with Gasteiger partial charge in [0.15, 0.2) is 5.16 Å². The molecule has 2 aromatic rings. The zero-order valence-corrected chi connectivity index (χ0v) is 13.1. The summed E-state index contributed by atoms with van der Waals surface area (Å²) in [5.74, 6) is 1.93. The van der Waals surface area contributed by atoms with E-state index in [0.717, 1.165) is 35.2 Å². The molecule has 106 valence electrons. The van der Waals surface area contributed by atoms with E-state index in [1.165, 1.54) is 4.90 Å². The Balaban J connectivity index is 1.83. The molecule has 1 aromatic heterocycles. The molecule has 0 spiro atoms. The molecule has 1 heterocycles. The summed E-state index contributed by atoms with van der Waals surface area (Å²) in [6, 6.07) is 11.9. The summed E-state index contributed by atoms with van der Waals surface area (Å²) in [5, 5.41) is 0.731. The third-order valence-electron chi connectivity index (χ3n) is 2.61. The molecule has 0 amide bonds. The van der Waals surface area contributed by atoms with Gasteiger partial charge in [-0.2, -0.15) is 0 Å². The van der Waals surface area contributed by atoms with E-state index in [9.17, 15) is 4.79 Å². The first-order chi connectivity index (χ1) is 9.78. The molecule has 0 fully saturated rings. The predicted octanol–water partition coefficient (Wildman–Crippen LogP) is 3.61. The lowest BCUT2D eigenvalue weighted by Gasteiger charge is -2.03. The van der Waals surface area contributed by atoms with Crippen molar-refractivity contribution in [2.24, 2.45) is 0 Å². The van der Waals surface area contributed by atoms with Crippen molar-refractivity contribution in [3.63, 3.8) is 0 Å². The van der Waals surface area contributed by atoms with Crippen molar-refractivity contribution < 1.29 is 0 Å². The summed E-state index contributed by atoms with van der Waals surface area (Å²) in [4.78, 5) is 20.1. The van der Waals surface area contributed by atoms with Crippen molar-refractivity contribution in [1.82, 2.24) is 9.97 Å². The molecule has 20 heavy (non-hydrogen) atoms. The van der Waals surface area contributed by atoms with Crippen LogP contribution in [0.25, 0.3) is 0 Å². The lowest BCUT2D eigenvalue weighted by molar-refractivity contribution is 0.816. The molecule has 1 N–H and O–H groups in total. The average molecular weight is 306 g/mol. The van der Waals surface area contributed by atoms with Crippen LogP contribution in [0.3, 0.4) is 0 Å². The van der Waals surface area contributed by atoms with Gasteiger partial charge in [0.25, 0.3) is 5.56 Å². The van der Waals surface area contributed by atoms with Crippen LogP contribution in [0.2, 0.25) is 0 Å². The molecule has 0 bridgehead atoms. The summed E-state index contributed by atoms with van der Waals surface area (Å²) in [5.41, 5.74) is 0.830. The number of nitrogens with zero attached hydrogens (tertiary/aromatic N) is 1. The van der Waals surface area contributed by atoms with Gasteiger partial charge in [0.05, 0.1) is 0 Å². The topological polar surface area (TPSA) is 45.8 Å². The van der Waals surface area contributed by atoms with Crippen LogP contribution in [-0.2, 0) is 6.42 Å². The molecule has 0 aliphatic heterocycles. The summed E-state index contributed by atoms with van der Waals surface area (Å²) < 4.78 is 0. The van der Waals surface area contributed by atoms with E-state index < -0.39 is 0 Å². The van der Waals surface area contributed by atoms with Crippen LogP contribution in [-0.4, -0.2) is 21.5 Å². The molecule has 1 aromatic carbocycles. The predicted molar refractivity (Wildman–Crippen MR) is 86.7 cm³/mol. The molecular formula is C15H18N2OS2. The van der Waals surface area contributed by atoms with E-state index in [1.807, 2.05) is 30.0 Å². The fourth-order valence-electron chi connectivity index (χ4n) is 1.75. The van der Waals surface area contributed by atoms with Gasteiger partial charge in [-0.25, -0.2) is 4.98 Å². The van der Waals surface area contributed by atoms with E-state index in [1.54, 1.807) is 17.8 Å². The zero-order chi connectivity index (χ0) is 14.2. The number of H-pyrrole nitrogens is 1. The molecule has 0 saturated carbocycles. The minimum Gasteiger partial charge on any atom is -0.301 e. The molecule has 3 nitrogen and oxygen atoms in total. The second-order valence-corrected chi connectivity index (χ2v) is 6.55. The molecule has 0 radical (unpaired) electrons. The van der Waals surface area contributed by atoms with Gasteiger partial charge in [0, 0.05) is 28.2 Å². The highest BCUT2D eigenvalue weighted by molar-refractivity contribution is 8.02. The maximum absolute atomic E-state index is 11.5. The Hall–Kier alpha value is -1.20. The maximum atomic E-state index is 11.5. The first-order valence-electron chi connectivity index (χ1n) is 6.69. The number of benzene rings is 1. The Kier molecular flexibility index (Phi) is 6.21. The van der Waals surface area contributed by atoms with Gasteiger partial charge in [0.2, 0.25) is 0 Å². The fraction of sp³-hybridized carbons (Fsp3) is 0.333. The minimum atomic E-state index is -0.0540. The number of aromatic nitrogens is 2. The van der Waals surface area contributed by atoms with Crippen molar-refractivity contribution in [2.75, 3.05) is 11.5 Å². The van der Waals surface area contributed by atoms with E-state index in [2.05, 4.69) is 29.0 Å². The Morgan fingerprint density at radius 2 is 1.90 bits per heavy atom. The van der Waals surface area contributed by atoms with Gasteiger partial charge < -0.3 is 4.98 Å². The van der Waals surface area contributed by atoms with E-state index in [-0.39, 0.29) is 5.56 Å². The number of aromatic amines is 1. The van der Waals surface area contributed by atoms with Crippen molar-refractivity contribution in [1.29, 1.82) is 0 Å². The van der Waals surface area contributed by atoms with Crippen molar-refractivity contribution in [3.05, 3.63) is 52.4 Å². The van der Waals surface area contributed by atoms with Gasteiger partial charge in [-0.1, -0.05) is 43.3 Å². The van der Waals surface area contributed by atoms with E-state index in [0.29, 0.717) is 0 Å². The second kappa shape index (κ2) is 8.17. The standard InChI is InChI=1S/C15H18N2OS2/c1-2-6-12-11-14(18)17-15(16-12)20-10-9-19-13-7-4-3-5-8-13/h3-5,7-8,11H,2,6,9-10H2,1H3,(H,16,17,18). The first kappa shape index (κ1) is 15.2. The molecule has 0 atom stereocenters. The smallest absolute Gasteiger partial charge is 0.251 e. The Morgan fingerprint density at radius 1 is 1.15 bits per heavy atom. The average Bonchev–Trinajstić information content (AvgIpc) is 2.45. The van der Waals surface area contributed by atoms with Crippen LogP contribution in [0.5, 0.6) is 0 Å². The lowest BCUT2D eigenvalue weighted by atomic mass is 10.2. The summed E-state index contributed by atoms with van der Waals surface area (Å²) in [6.45, 7) is 2.09. The normalized spacial score (nSPS) is 10.7. The highest BCUT2D eigenvalue weighted by Gasteiger charge is 2.02. The Morgan fingerprint density at radius 3 is 2.65 bits per heavy atom. The molecule has 0 unspecified atom stereocenters. The first-order valence-corrected chi connectivity index (χ1v) is 8.66. The Bertz CT molecular complexity index is 584. The summed E-state index contributed by atoms with van der Waals surface area (Å²) >= 11 is 3.42. The summed E-state index contributed by atoms with van der Waals surface area (Å²) in [6.07, 6.45) is 1.86. The van der Waals surface area contributed by atoms with Gasteiger partial charge in [0.1, 0.15) is 0 Å². The zero-order valence-electron chi connectivity index (χ0n) is 11.5. The summed E-state index contributed by atoms with van der Waals surface area (Å²) in [7, 11) is 0. The van der Waals surface area contributed by atoms with Gasteiger partial charge in [-0.3, -0.25) is 4.79 Å². The molecule has 0 saturated heterocycles. The third kappa shape index (κ3) is 5.06. The highest BCUT2D eigenvalue weighted by Crippen LogP contribution is 2.20. The number of thioether (sulfide) groups is 2. The number of rotatable bonds is 7. The molecular weight excluding hydrogens is 288 g/mol. The number of aryl methyl sites for hydroxylation is 1. The SMILES string of the molecule is CCCc1cc(=O)[nH]c(SCCSc2ccccc2)n1. The van der Waals surface area contributed by atoms with Gasteiger partial charge in [-0.15, -0.1) is 11.8 Å². The largest absolute Gasteiger partial charge is 0.301 e. The van der Waals surface area contributed by atoms with Crippen LogP contribution < -0.4 is 5.56 Å². The van der Waals surface area contributed by atoms with Crippen LogP contribution in [0.4, 0.5) is 0 Å². The lowest BCUT2D eigenvalue weighted by Crippen LogP contribution is -2.10. The van der Waals surface area contributed by atoms with E-state index >= 15 is 0 Å². The molecule has 0 aliphatic rings. The third-order valence-corrected chi connectivity index (χ3v) is 4.76. The van der Waals surface area contributed by atoms with Crippen molar-refractivity contribution in [2.45, 2.75) is 29.8 Å². The van der Waals surface area contributed by atoms with Crippen LogP contribution in [0.15, 0.2) is 51.2 Å². The van der Waals surface area contributed by atoms with Gasteiger partial charge >= 0.3 is 0 Å². The number of hydrogen-bond donors (Lipinski definition) is 1. The van der Waals surface area contributed by atoms with Crippen LogP contribution >= 0.6 is 23.5 Å². The van der Waals surface area contributed by atoms with Gasteiger partial charge in [-0.05, 0) is 18.6 Å². The molecule has 0 aliphatic carbocycles. The van der Waals surface area contributed by atoms with E-state index in [4.69, 9.17) is 0 Å². The molecule has 2 rings (SSSR count). The molecule has 5 heteroatoms. The minimum absolute atomic E-state index is 0.0540. The van der Waals surface area contributed by atoms with Crippen molar-refractivity contribution in [3.8, 4) is 0 Å².